The van der Waals surface area contributed by atoms with Gasteiger partial charge in [0.05, 0.1) is 6.54 Å². The quantitative estimate of drug-likeness (QED) is 0.784. The molecule has 0 aliphatic carbocycles. The van der Waals surface area contributed by atoms with Gasteiger partial charge in [0.15, 0.2) is 22.3 Å². The van der Waals surface area contributed by atoms with Crippen molar-refractivity contribution in [2.45, 2.75) is 12.7 Å². The van der Waals surface area contributed by atoms with Gasteiger partial charge in [0, 0.05) is 19.5 Å². The summed E-state index contributed by atoms with van der Waals surface area (Å²) in [6, 6.07) is 3.57. The highest BCUT2D eigenvalue weighted by Crippen LogP contribution is 2.31. The SMILES string of the molecule is CN(C)c1ccc2nnc(CNc3nc(C(F)(F)F)cs3)n2n1. The lowest BCUT2D eigenvalue weighted by atomic mass is 10.5. The maximum atomic E-state index is 12.5. The van der Waals surface area contributed by atoms with Crippen molar-refractivity contribution in [3.05, 3.63) is 29.0 Å². The van der Waals surface area contributed by atoms with Crippen LogP contribution < -0.4 is 10.2 Å². The summed E-state index contributed by atoms with van der Waals surface area (Å²) in [6.07, 6.45) is -4.44. The van der Waals surface area contributed by atoms with Gasteiger partial charge < -0.3 is 10.2 Å². The lowest BCUT2D eigenvalue weighted by molar-refractivity contribution is -0.140. The first-order valence-corrected chi connectivity index (χ1v) is 7.38. The van der Waals surface area contributed by atoms with Gasteiger partial charge in [0.25, 0.3) is 0 Å². The molecule has 0 atom stereocenters. The first-order valence-electron chi connectivity index (χ1n) is 6.50. The van der Waals surface area contributed by atoms with Gasteiger partial charge in [-0.15, -0.1) is 26.6 Å². The third kappa shape index (κ3) is 3.18. The third-order valence-corrected chi connectivity index (χ3v) is 3.76. The fraction of sp³-hybridized carbons (Fsp3) is 0.333. The molecule has 0 amide bonds. The number of nitrogens with one attached hydrogen (secondary N) is 1. The van der Waals surface area contributed by atoms with Gasteiger partial charge in [-0.2, -0.15) is 17.7 Å². The van der Waals surface area contributed by atoms with Gasteiger partial charge in [-0.05, 0) is 12.1 Å². The fourth-order valence-corrected chi connectivity index (χ4v) is 2.53. The average Bonchev–Trinajstić information content (AvgIpc) is 3.10. The zero-order valence-corrected chi connectivity index (χ0v) is 13.0. The number of nitrogens with zero attached hydrogens (tertiary/aromatic N) is 6. The summed E-state index contributed by atoms with van der Waals surface area (Å²) in [7, 11) is 3.70. The molecule has 0 saturated carbocycles. The van der Waals surface area contributed by atoms with E-state index in [1.807, 2.05) is 19.0 Å². The smallest absolute Gasteiger partial charge is 0.361 e. The topological polar surface area (TPSA) is 71.2 Å². The molecule has 3 rings (SSSR count). The molecule has 0 aliphatic rings. The maximum absolute atomic E-state index is 12.5. The first-order chi connectivity index (χ1) is 10.8. The maximum Gasteiger partial charge on any atom is 0.434 e. The van der Waals surface area contributed by atoms with Crippen molar-refractivity contribution in [2.24, 2.45) is 0 Å². The summed E-state index contributed by atoms with van der Waals surface area (Å²) in [5.41, 5.74) is -0.355. The number of halogens is 3. The molecule has 0 radical (unpaired) electrons. The molecule has 3 aromatic rings. The second-order valence-corrected chi connectivity index (χ2v) is 5.72. The highest BCUT2D eigenvalue weighted by molar-refractivity contribution is 7.13. The molecule has 0 bridgehead atoms. The van der Waals surface area contributed by atoms with E-state index < -0.39 is 11.9 Å². The Morgan fingerprint density at radius 1 is 1.26 bits per heavy atom. The van der Waals surface area contributed by atoms with Crippen molar-refractivity contribution in [3.63, 3.8) is 0 Å². The Morgan fingerprint density at radius 3 is 2.70 bits per heavy atom. The van der Waals surface area contributed by atoms with Crippen LogP contribution >= 0.6 is 11.3 Å². The Labute approximate surface area is 132 Å². The molecule has 122 valence electrons. The van der Waals surface area contributed by atoms with Gasteiger partial charge in [0.2, 0.25) is 0 Å². The summed E-state index contributed by atoms with van der Waals surface area (Å²) in [6.45, 7) is 0.163. The van der Waals surface area contributed by atoms with Crippen LogP contribution in [0.25, 0.3) is 5.65 Å². The van der Waals surface area contributed by atoms with Crippen LogP contribution in [0.2, 0.25) is 0 Å². The lowest BCUT2D eigenvalue weighted by Gasteiger charge is -2.10. The normalized spacial score (nSPS) is 11.9. The highest BCUT2D eigenvalue weighted by Gasteiger charge is 2.33. The standard InChI is InChI=1S/C12H12F3N7S/c1-21(2)9-4-3-8-18-19-10(22(8)20-9)5-16-11-17-7(6-23-11)12(13,14)15/h3-4,6H,5H2,1-2H3,(H,16,17). The number of thiazole rings is 1. The zero-order chi connectivity index (χ0) is 16.6. The number of hydrogen-bond donors (Lipinski definition) is 1. The minimum absolute atomic E-state index is 0.163. The largest absolute Gasteiger partial charge is 0.434 e. The molecule has 0 aliphatic heterocycles. The fourth-order valence-electron chi connectivity index (χ4n) is 1.81. The van der Waals surface area contributed by atoms with Crippen molar-refractivity contribution in [2.75, 3.05) is 24.3 Å². The van der Waals surface area contributed by atoms with E-state index in [1.165, 1.54) is 0 Å². The van der Waals surface area contributed by atoms with E-state index in [2.05, 4.69) is 25.6 Å². The van der Waals surface area contributed by atoms with E-state index in [0.29, 0.717) is 17.3 Å². The first kappa shape index (κ1) is 15.5. The Kier molecular flexibility index (Phi) is 3.80. The van der Waals surface area contributed by atoms with Gasteiger partial charge in [-0.1, -0.05) is 0 Å². The number of anilines is 2. The monoisotopic (exact) mass is 343 g/mol. The van der Waals surface area contributed by atoms with E-state index in [1.54, 1.807) is 16.6 Å². The summed E-state index contributed by atoms with van der Waals surface area (Å²) < 4.78 is 39.1. The van der Waals surface area contributed by atoms with Crippen LogP contribution in [0.5, 0.6) is 0 Å². The van der Waals surface area contributed by atoms with Crippen LogP contribution in [-0.2, 0) is 12.7 Å². The van der Waals surface area contributed by atoms with E-state index in [4.69, 9.17) is 0 Å². The van der Waals surface area contributed by atoms with Crippen molar-refractivity contribution in [3.8, 4) is 0 Å². The number of aromatic nitrogens is 5. The second kappa shape index (κ2) is 5.65. The molecule has 1 N–H and O–H groups in total. The van der Waals surface area contributed by atoms with E-state index >= 15 is 0 Å². The van der Waals surface area contributed by atoms with Crippen LogP contribution in [0.1, 0.15) is 11.5 Å². The molecule has 3 aromatic heterocycles. The predicted molar refractivity (Wildman–Crippen MR) is 79.6 cm³/mol. The third-order valence-electron chi connectivity index (χ3n) is 2.96. The van der Waals surface area contributed by atoms with Gasteiger partial charge in [0.1, 0.15) is 5.82 Å². The number of rotatable bonds is 4. The predicted octanol–water partition coefficient (Wildman–Crippen LogP) is 2.28. The molecule has 0 spiro atoms. The molecule has 23 heavy (non-hydrogen) atoms. The Bertz CT molecular complexity index is 824. The molecule has 0 unspecified atom stereocenters. The van der Waals surface area contributed by atoms with Crippen molar-refractivity contribution in [1.82, 2.24) is 24.8 Å². The molecule has 0 saturated heterocycles. The Balaban J connectivity index is 1.79. The number of fused-ring (bicyclic) bond motifs is 1. The molecular formula is C12H12F3N7S. The zero-order valence-electron chi connectivity index (χ0n) is 12.2. The minimum Gasteiger partial charge on any atom is -0.361 e. The van der Waals surface area contributed by atoms with E-state index in [0.717, 1.165) is 16.7 Å². The van der Waals surface area contributed by atoms with Crippen molar-refractivity contribution in [1.29, 1.82) is 0 Å². The summed E-state index contributed by atoms with van der Waals surface area (Å²) in [5.74, 6) is 1.19. The van der Waals surface area contributed by atoms with Crippen LogP contribution in [0.4, 0.5) is 24.1 Å². The summed E-state index contributed by atoms with van der Waals surface area (Å²) in [5, 5.41) is 16.3. The number of hydrogen-bond acceptors (Lipinski definition) is 7. The van der Waals surface area contributed by atoms with Gasteiger partial charge >= 0.3 is 6.18 Å². The number of alkyl halides is 3. The molecule has 3 heterocycles. The molecule has 0 aromatic carbocycles. The highest BCUT2D eigenvalue weighted by atomic mass is 32.1. The minimum atomic E-state index is -4.44. The summed E-state index contributed by atoms with van der Waals surface area (Å²) >= 11 is 0.883. The molecular weight excluding hydrogens is 331 g/mol. The van der Waals surface area contributed by atoms with Gasteiger partial charge in [-0.3, -0.25) is 0 Å². The van der Waals surface area contributed by atoms with Crippen LogP contribution in [-0.4, -0.2) is 38.9 Å². The van der Waals surface area contributed by atoms with E-state index in [-0.39, 0.29) is 11.7 Å². The molecule has 0 fully saturated rings. The van der Waals surface area contributed by atoms with E-state index in [9.17, 15) is 13.2 Å². The molecule has 7 nitrogen and oxygen atoms in total. The average molecular weight is 343 g/mol. The second-order valence-electron chi connectivity index (χ2n) is 4.86. The molecule has 11 heteroatoms. The Hall–Kier alpha value is -2.43. The van der Waals surface area contributed by atoms with Gasteiger partial charge in [-0.25, -0.2) is 4.98 Å². The van der Waals surface area contributed by atoms with Crippen molar-refractivity contribution >= 4 is 27.9 Å². The van der Waals surface area contributed by atoms with Crippen LogP contribution in [0.15, 0.2) is 17.5 Å². The van der Waals surface area contributed by atoms with Crippen molar-refractivity contribution < 1.29 is 13.2 Å². The van der Waals surface area contributed by atoms with Crippen LogP contribution in [0, 0.1) is 0 Å². The lowest BCUT2D eigenvalue weighted by Crippen LogP contribution is -2.13. The van der Waals surface area contributed by atoms with Crippen LogP contribution in [0.3, 0.4) is 0 Å². The Morgan fingerprint density at radius 2 is 2.04 bits per heavy atom. The summed E-state index contributed by atoms with van der Waals surface area (Å²) in [4.78, 5) is 5.33.